The van der Waals surface area contributed by atoms with Crippen LogP contribution in [-0.4, -0.2) is 17.6 Å². The summed E-state index contributed by atoms with van der Waals surface area (Å²) in [6, 6.07) is 8.44. The van der Waals surface area contributed by atoms with Crippen LogP contribution in [0.1, 0.15) is 20.8 Å². The molecule has 0 bridgehead atoms. The van der Waals surface area contributed by atoms with Crippen LogP contribution >= 0.6 is 15.9 Å². The molecule has 102 valence electrons. The van der Waals surface area contributed by atoms with Gasteiger partial charge < -0.3 is 11.1 Å². The van der Waals surface area contributed by atoms with E-state index in [2.05, 4.69) is 65.2 Å². The topological polar surface area (TPSA) is 50.9 Å². The first kappa shape index (κ1) is 14.3. The summed E-state index contributed by atoms with van der Waals surface area (Å²) in [5, 5.41) is 4.64. The first-order chi connectivity index (χ1) is 8.91. The lowest BCUT2D eigenvalue weighted by molar-refractivity contribution is 0.346. The van der Waals surface area contributed by atoms with Crippen LogP contribution in [0.2, 0.25) is 0 Å². The van der Waals surface area contributed by atoms with Crippen molar-refractivity contribution >= 4 is 32.5 Å². The van der Waals surface area contributed by atoms with Crippen molar-refractivity contribution < 1.29 is 0 Å². The molecule has 1 heterocycles. The molecule has 0 spiro atoms. The number of benzene rings is 1. The molecule has 1 atom stereocenters. The van der Waals surface area contributed by atoms with E-state index in [9.17, 15) is 0 Å². The Morgan fingerprint density at radius 2 is 2.11 bits per heavy atom. The Kier molecular flexibility index (Phi) is 4.11. The van der Waals surface area contributed by atoms with E-state index in [1.165, 1.54) is 0 Å². The maximum atomic E-state index is 5.88. The van der Waals surface area contributed by atoms with E-state index >= 15 is 0 Å². The zero-order chi connectivity index (χ0) is 14.0. The number of para-hydroxylation sites is 1. The molecule has 3 nitrogen and oxygen atoms in total. The average molecular weight is 322 g/mol. The average Bonchev–Trinajstić information content (AvgIpc) is 2.34. The van der Waals surface area contributed by atoms with E-state index in [1.54, 1.807) is 0 Å². The SMILES string of the molecule is CC(C)(C)C(CN)Nc1cccc2cc(Br)cnc12. The fraction of sp³-hybridized carbons (Fsp3) is 0.400. The molecule has 3 N–H and O–H groups in total. The highest BCUT2D eigenvalue weighted by atomic mass is 79.9. The Balaban J connectivity index is 2.40. The predicted molar refractivity (Wildman–Crippen MR) is 85.4 cm³/mol. The molecule has 4 heteroatoms. The van der Waals surface area contributed by atoms with Gasteiger partial charge in [-0.2, -0.15) is 0 Å². The van der Waals surface area contributed by atoms with Crippen LogP contribution in [0.3, 0.4) is 0 Å². The summed E-state index contributed by atoms with van der Waals surface area (Å²) in [7, 11) is 0. The second-order valence-electron chi connectivity index (χ2n) is 5.83. The largest absolute Gasteiger partial charge is 0.379 e. The number of nitrogens with zero attached hydrogens (tertiary/aromatic N) is 1. The highest BCUT2D eigenvalue weighted by Gasteiger charge is 2.23. The Bertz CT molecular complexity index is 575. The summed E-state index contributed by atoms with van der Waals surface area (Å²) >= 11 is 3.45. The number of aromatic nitrogens is 1. The van der Waals surface area contributed by atoms with Gasteiger partial charge in [0.1, 0.15) is 0 Å². The molecule has 1 aromatic heterocycles. The van der Waals surface area contributed by atoms with Gasteiger partial charge in [0, 0.05) is 28.6 Å². The number of hydrogen-bond acceptors (Lipinski definition) is 3. The monoisotopic (exact) mass is 321 g/mol. The van der Waals surface area contributed by atoms with Crippen molar-refractivity contribution in [2.75, 3.05) is 11.9 Å². The minimum atomic E-state index is 0.103. The van der Waals surface area contributed by atoms with Gasteiger partial charge in [0.05, 0.1) is 11.2 Å². The molecule has 2 rings (SSSR count). The van der Waals surface area contributed by atoms with Crippen LogP contribution in [0.4, 0.5) is 5.69 Å². The fourth-order valence-corrected chi connectivity index (χ4v) is 2.42. The van der Waals surface area contributed by atoms with Gasteiger partial charge in [-0.3, -0.25) is 4.98 Å². The molecular weight excluding hydrogens is 302 g/mol. The molecule has 0 radical (unpaired) electrons. The van der Waals surface area contributed by atoms with Crippen LogP contribution < -0.4 is 11.1 Å². The van der Waals surface area contributed by atoms with Crippen LogP contribution in [0.15, 0.2) is 34.9 Å². The first-order valence-electron chi connectivity index (χ1n) is 6.42. The molecule has 0 saturated carbocycles. The van der Waals surface area contributed by atoms with Gasteiger partial charge >= 0.3 is 0 Å². The molecule has 2 aromatic rings. The molecule has 19 heavy (non-hydrogen) atoms. The van der Waals surface area contributed by atoms with Crippen molar-refractivity contribution in [2.24, 2.45) is 11.1 Å². The van der Waals surface area contributed by atoms with Gasteiger partial charge in [0.2, 0.25) is 0 Å². The third-order valence-electron chi connectivity index (χ3n) is 3.29. The molecule has 1 unspecified atom stereocenters. The summed E-state index contributed by atoms with van der Waals surface area (Å²) in [4.78, 5) is 4.50. The van der Waals surface area contributed by atoms with E-state index in [1.807, 2.05) is 12.3 Å². The molecular formula is C15H20BrN3. The van der Waals surface area contributed by atoms with Crippen molar-refractivity contribution in [2.45, 2.75) is 26.8 Å². The number of hydrogen-bond donors (Lipinski definition) is 2. The van der Waals surface area contributed by atoms with E-state index in [0.29, 0.717) is 6.54 Å². The van der Waals surface area contributed by atoms with Gasteiger partial charge in [-0.15, -0.1) is 0 Å². The van der Waals surface area contributed by atoms with Crippen molar-refractivity contribution in [3.05, 3.63) is 34.9 Å². The Morgan fingerprint density at radius 1 is 1.37 bits per heavy atom. The van der Waals surface area contributed by atoms with Gasteiger partial charge in [-0.05, 0) is 33.5 Å². The molecule has 0 aliphatic heterocycles. The number of anilines is 1. The summed E-state index contributed by atoms with van der Waals surface area (Å²) in [5.74, 6) is 0. The summed E-state index contributed by atoms with van der Waals surface area (Å²) in [5.41, 5.74) is 8.01. The number of nitrogens with two attached hydrogens (primary N) is 1. The van der Waals surface area contributed by atoms with E-state index in [4.69, 9.17) is 5.73 Å². The maximum Gasteiger partial charge on any atom is 0.0934 e. The number of nitrogens with one attached hydrogen (secondary N) is 1. The quantitative estimate of drug-likeness (QED) is 0.904. The zero-order valence-electron chi connectivity index (χ0n) is 11.6. The lowest BCUT2D eigenvalue weighted by Gasteiger charge is -2.31. The lowest BCUT2D eigenvalue weighted by atomic mass is 9.86. The minimum Gasteiger partial charge on any atom is -0.379 e. The molecule has 0 aliphatic carbocycles. The Morgan fingerprint density at radius 3 is 2.74 bits per heavy atom. The van der Waals surface area contributed by atoms with Crippen LogP contribution in [0, 0.1) is 5.41 Å². The molecule has 0 fully saturated rings. The number of rotatable bonds is 3. The highest BCUT2D eigenvalue weighted by Crippen LogP contribution is 2.28. The van der Waals surface area contributed by atoms with Crippen LogP contribution in [0.5, 0.6) is 0 Å². The van der Waals surface area contributed by atoms with Crippen molar-refractivity contribution in [3.8, 4) is 0 Å². The van der Waals surface area contributed by atoms with E-state index in [-0.39, 0.29) is 11.5 Å². The fourth-order valence-electron chi connectivity index (χ4n) is 2.07. The standard InChI is InChI=1S/C15H20BrN3/c1-15(2,3)13(8-17)19-12-6-4-5-10-7-11(16)9-18-14(10)12/h4-7,9,13,19H,8,17H2,1-3H3. The van der Waals surface area contributed by atoms with Crippen molar-refractivity contribution in [1.29, 1.82) is 0 Å². The number of halogens is 1. The number of fused-ring (bicyclic) bond motifs is 1. The summed E-state index contributed by atoms with van der Waals surface area (Å²) < 4.78 is 0.989. The van der Waals surface area contributed by atoms with E-state index < -0.39 is 0 Å². The Labute approximate surface area is 122 Å². The van der Waals surface area contributed by atoms with Crippen LogP contribution in [0.25, 0.3) is 10.9 Å². The van der Waals surface area contributed by atoms with Crippen LogP contribution in [-0.2, 0) is 0 Å². The third-order valence-corrected chi connectivity index (χ3v) is 3.72. The Hall–Kier alpha value is -1.13. The minimum absolute atomic E-state index is 0.103. The first-order valence-corrected chi connectivity index (χ1v) is 7.22. The molecule has 0 aliphatic rings. The highest BCUT2D eigenvalue weighted by molar-refractivity contribution is 9.10. The van der Waals surface area contributed by atoms with Crippen molar-refractivity contribution in [3.63, 3.8) is 0 Å². The zero-order valence-corrected chi connectivity index (χ0v) is 13.2. The molecule has 0 saturated heterocycles. The molecule has 0 amide bonds. The van der Waals surface area contributed by atoms with E-state index in [0.717, 1.165) is 21.1 Å². The summed E-state index contributed by atoms with van der Waals surface area (Å²) in [6.07, 6.45) is 1.82. The van der Waals surface area contributed by atoms with Gasteiger partial charge in [-0.1, -0.05) is 32.9 Å². The summed E-state index contributed by atoms with van der Waals surface area (Å²) in [6.45, 7) is 7.16. The van der Waals surface area contributed by atoms with Gasteiger partial charge in [-0.25, -0.2) is 0 Å². The van der Waals surface area contributed by atoms with Crippen molar-refractivity contribution in [1.82, 2.24) is 4.98 Å². The second kappa shape index (κ2) is 5.47. The third kappa shape index (κ3) is 3.25. The van der Waals surface area contributed by atoms with Gasteiger partial charge in [0.15, 0.2) is 0 Å². The molecule has 1 aromatic carbocycles. The normalized spacial score (nSPS) is 13.5. The van der Waals surface area contributed by atoms with Gasteiger partial charge in [0.25, 0.3) is 0 Å². The predicted octanol–water partition coefficient (Wildman–Crippen LogP) is 3.78. The maximum absolute atomic E-state index is 5.88. The second-order valence-corrected chi connectivity index (χ2v) is 6.75. The smallest absolute Gasteiger partial charge is 0.0934 e. The lowest BCUT2D eigenvalue weighted by Crippen LogP contribution is -2.40. The number of pyridine rings is 1.